The molecule has 1 N–H and O–H groups in total. The van der Waals surface area contributed by atoms with E-state index in [0.717, 1.165) is 49.4 Å². The minimum Gasteiger partial charge on any atom is -0.462 e. The average Bonchev–Trinajstić information content (AvgIpc) is 3.15. The summed E-state index contributed by atoms with van der Waals surface area (Å²) in [6.07, 6.45) is 15.8. The van der Waals surface area contributed by atoms with Crippen LogP contribution in [0.25, 0.3) is 0 Å². The Bertz CT molecular complexity index is 791. The Balaban J connectivity index is 1.48. The van der Waals surface area contributed by atoms with Crippen molar-refractivity contribution < 1.29 is 14.6 Å². The molecule has 8 atom stereocenters. The second-order valence-corrected chi connectivity index (χ2v) is 14.7. The first-order chi connectivity index (χ1) is 16.4. The fourth-order valence-electron chi connectivity index (χ4n) is 9.17. The zero-order valence-corrected chi connectivity index (χ0v) is 23.9. The molecule has 35 heavy (non-hydrogen) atoms. The average molecular weight is 487 g/mol. The van der Waals surface area contributed by atoms with E-state index in [1.807, 2.05) is 20.8 Å². The first kappa shape index (κ1) is 27.2. The second kappa shape index (κ2) is 10.1. The van der Waals surface area contributed by atoms with Crippen molar-refractivity contribution in [3.8, 4) is 0 Å². The number of aliphatic hydroxyl groups excluding tert-OH is 1. The van der Waals surface area contributed by atoms with E-state index in [1.54, 1.807) is 0 Å². The Morgan fingerprint density at radius 2 is 1.83 bits per heavy atom. The largest absolute Gasteiger partial charge is 0.462 e. The zero-order valence-electron chi connectivity index (χ0n) is 23.9. The number of ether oxygens (including phenoxy) is 1. The van der Waals surface area contributed by atoms with Crippen LogP contribution in [0, 0.1) is 51.8 Å². The van der Waals surface area contributed by atoms with Gasteiger partial charge >= 0.3 is 5.97 Å². The minimum absolute atomic E-state index is 0.0272. The van der Waals surface area contributed by atoms with Gasteiger partial charge < -0.3 is 9.84 Å². The number of aliphatic hydroxyl groups is 1. The lowest BCUT2D eigenvalue weighted by Crippen LogP contribution is -2.53. The van der Waals surface area contributed by atoms with Crippen LogP contribution >= 0.6 is 0 Å². The molecule has 0 saturated heterocycles. The number of allylic oxidation sites excluding steroid dienone is 1. The first-order valence-electron chi connectivity index (χ1n) is 14.9. The second-order valence-electron chi connectivity index (χ2n) is 14.7. The van der Waals surface area contributed by atoms with Gasteiger partial charge in [-0.3, -0.25) is 4.79 Å². The van der Waals surface area contributed by atoms with Gasteiger partial charge in [-0.05, 0) is 107 Å². The highest BCUT2D eigenvalue weighted by molar-refractivity contribution is 5.75. The van der Waals surface area contributed by atoms with Crippen molar-refractivity contribution in [3.63, 3.8) is 0 Å². The molecule has 4 aliphatic rings. The van der Waals surface area contributed by atoms with E-state index in [9.17, 15) is 9.90 Å². The predicted octanol–water partition coefficient (Wildman–Crippen LogP) is 7.96. The van der Waals surface area contributed by atoms with Crippen molar-refractivity contribution >= 4 is 5.97 Å². The molecule has 3 nitrogen and oxygen atoms in total. The zero-order chi connectivity index (χ0) is 25.6. The number of esters is 1. The summed E-state index contributed by atoms with van der Waals surface area (Å²) in [5, 5.41) is 10.9. The highest BCUT2D eigenvalue weighted by Crippen LogP contribution is 2.67. The van der Waals surface area contributed by atoms with Crippen molar-refractivity contribution in [1.29, 1.82) is 0 Å². The summed E-state index contributed by atoms with van der Waals surface area (Å²) >= 11 is 0. The number of hydrogen-bond acceptors (Lipinski definition) is 3. The summed E-state index contributed by atoms with van der Waals surface area (Å²) in [7, 11) is 0. The van der Waals surface area contributed by atoms with Gasteiger partial charge in [0, 0.05) is 11.8 Å². The Labute approximate surface area is 215 Å². The molecule has 0 aromatic heterocycles. The highest BCUT2D eigenvalue weighted by atomic mass is 16.5. The van der Waals surface area contributed by atoms with E-state index < -0.39 is 5.41 Å². The summed E-state index contributed by atoms with van der Waals surface area (Å²) in [6.45, 7) is 15.9. The Morgan fingerprint density at radius 3 is 2.49 bits per heavy atom. The van der Waals surface area contributed by atoms with Crippen LogP contribution in [0.5, 0.6) is 0 Å². The van der Waals surface area contributed by atoms with Gasteiger partial charge in [-0.2, -0.15) is 0 Å². The number of hydrogen-bond donors (Lipinski definition) is 1. The summed E-state index contributed by atoms with van der Waals surface area (Å²) < 4.78 is 5.94. The molecular weight excluding hydrogens is 432 g/mol. The molecule has 0 radical (unpaired) electrons. The number of rotatable bonds is 7. The summed E-state index contributed by atoms with van der Waals surface area (Å²) in [5.41, 5.74) is 1.34. The van der Waals surface area contributed by atoms with Crippen LogP contribution in [0.15, 0.2) is 11.6 Å². The van der Waals surface area contributed by atoms with Gasteiger partial charge in [0.2, 0.25) is 0 Å². The molecule has 3 fully saturated rings. The van der Waals surface area contributed by atoms with E-state index in [1.165, 1.54) is 50.5 Å². The Hall–Kier alpha value is -0.830. The predicted molar refractivity (Wildman–Crippen MR) is 144 cm³/mol. The smallest absolute Gasteiger partial charge is 0.311 e. The monoisotopic (exact) mass is 486 g/mol. The molecule has 0 bridgehead atoms. The lowest BCUT2D eigenvalue weighted by atomic mass is 9.46. The Morgan fingerprint density at radius 1 is 1.09 bits per heavy atom. The fraction of sp³-hybridized carbons (Fsp3) is 0.906. The van der Waals surface area contributed by atoms with Crippen LogP contribution in [0.4, 0.5) is 0 Å². The van der Waals surface area contributed by atoms with Gasteiger partial charge in [0.1, 0.15) is 6.10 Å². The molecular formula is C32H54O3. The van der Waals surface area contributed by atoms with Crippen molar-refractivity contribution in [2.45, 2.75) is 125 Å². The van der Waals surface area contributed by atoms with E-state index in [0.29, 0.717) is 17.3 Å². The quantitative estimate of drug-likeness (QED) is 0.293. The molecule has 4 aliphatic carbocycles. The third-order valence-corrected chi connectivity index (χ3v) is 11.2. The maximum absolute atomic E-state index is 12.5. The number of carbonyl (C=O) groups is 1. The van der Waals surface area contributed by atoms with Crippen LogP contribution in [0.3, 0.4) is 0 Å². The third-order valence-electron chi connectivity index (χ3n) is 11.2. The summed E-state index contributed by atoms with van der Waals surface area (Å²) in [5.74, 6) is 4.52. The van der Waals surface area contributed by atoms with Crippen LogP contribution < -0.4 is 0 Å². The van der Waals surface area contributed by atoms with Gasteiger partial charge in [0.25, 0.3) is 0 Å². The van der Waals surface area contributed by atoms with Gasteiger partial charge in [0.15, 0.2) is 0 Å². The topological polar surface area (TPSA) is 46.5 Å². The maximum atomic E-state index is 12.5. The van der Waals surface area contributed by atoms with Crippen LogP contribution in [-0.2, 0) is 9.53 Å². The standard InChI is InChI=1S/C32H54O3/c1-21(2)9-8-10-22(3)26-13-14-27-25-12-11-23-19-24(35-29(34)30(4,5)6)15-18-32(23,20-33)28(25)16-17-31(26,27)7/h11,21-22,24-28,33H,8-10,12-20H2,1-7H3/t22-,24+,25?,26-,27?,28?,31-,32-/m1/s1. The van der Waals surface area contributed by atoms with E-state index >= 15 is 0 Å². The highest BCUT2D eigenvalue weighted by Gasteiger charge is 2.60. The van der Waals surface area contributed by atoms with Crippen LogP contribution in [-0.4, -0.2) is 23.8 Å². The van der Waals surface area contributed by atoms with Crippen molar-refractivity contribution in [3.05, 3.63) is 11.6 Å². The molecule has 0 aromatic rings. The lowest BCUT2D eigenvalue weighted by molar-refractivity contribution is -0.161. The summed E-state index contributed by atoms with van der Waals surface area (Å²) in [4.78, 5) is 12.5. The Kier molecular flexibility index (Phi) is 7.89. The van der Waals surface area contributed by atoms with Gasteiger partial charge in [-0.15, -0.1) is 0 Å². The number of fused-ring (bicyclic) bond motifs is 5. The van der Waals surface area contributed by atoms with Gasteiger partial charge in [-0.25, -0.2) is 0 Å². The van der Waals surface area contributed by atoms with Crippen molar-refractivity contribution in [2.24, 2.45) is 51.8 Å². The maximum Gasteiger partial charge on any atom is 0.311 e. The molecule has 200 valence electrons. The molecule has 0 aromatic carbocycles. The van der Waals surface area contributed by atoms with Crippen LogP contribution in [0.1, 0.15) is 119 Å². The first-order valence-corrected chi connectivity index (χ1v) is 14.9. The molecule has 3 saturated carbocycles. The molecule has 0 amide bonds. The van der Waals surface area contributed by atoms with E-state index in [2.05, 4.69) is 33.8 Å². The summed E-state index contributed by atoms with van der Waals surface area (Å²) in [6, 6.07) is 0. The third kappa shape index (κ3) is 5.01. The van der Waals surface area contributed by atoms with Crippen molar-refractivity contribution in [1.82, 2.24) is 0 Å². The van der Waals surface area contributed by atoms with Gasteiger partial charge in [0.05, 0.1) is 12.0 Å². The molecule has 3 unspecified atom stereocenters. The van der Waals surface area contributed by atoms with Crippen LogP contribution in [0.2, 0.25) is 0 Å². The number of carbonyl (C=O) groups excluding carboxylic acids is 1. The molecule has 0 aliphatic heterocycles. The molecule has 0 spiro atoms. The normalized spacial score (nSPS) is 39.9. The van der Waals surface area contributed by atoms with E-state index in [4.69, 9.17) is 4.74 Å². The minimum atomic E-state index is -0.462. The lowest BCUT2D eigenvalue weighted by Gasteiger charge is -2.59. The molecule has 0 heterocycles. The van der Waals surface area contributed by atoms with Gasteiger partial charge in [-0.1, -0.05) is 58.6 Å². The van der Waals surface area contributed by atoms with Crippen molar-refractivity contribution in [2.75, 3.05) is 6.61 Å². The SMILES string of the molecule is CC(C)CCC[C@@H](C)[C@H]1CCC2C3CC=C4C[C@@H](OC(=O)C(C)(C)C)CC[C@]4(CO)C3CC[C@@]21C. The van der Waals surface area contributed by atoms with E-state index in [-0.39, 0.29) is 24.1 Å². The molecule has 4 rings (SSSR count). The fourth-order valence-corrected chi connectivity index (χ4v) is 9.17. The molecule has 3 heteroatoms.